The van der Waals surface area contributed by atoms with Crippen LogP contribution in [-0.4, -0.2) is 17.9 Å². The molecule has 0 bridgehead atoms. The molecule has 1 atom stereocenters. The van der Waals surface area contributed by atoms with Crippen LogP contribution in [0.3, 0.4) is 0 Å². The van der Waals surface area contributed by atoms with Gasteiger partial charge in [-0.05, 0) is 44.9 Å². The van der Waals surface area contributed by atoms with Crippen molar-refractivity contribution in [2.24, 2.45) is 5.73 Å². The van der Waals surface area contributed by atoms with Crippen molar-refractivity contribution in [1.82, 2.24) is 0 Å². The lowest BCUT2D eigenvalue weighted by molar-refractivity contribution is 0.131. The molecule has 1 radical (unpaired) electrons. The number of hydrogen-bond donors (Lipinski definition) is 1. The number of hydrogen-bond acceptors (Lipinski definition) is 3. The van der Waals surface area contributed by atoms with Gasteiger partial charge in [0.25, 0.3) is 0 Å². The highest BCUT2D eigenvalue weighted by Gasteiger charge is 2.11. The SMILES string of the molecule is CC(C)(C)Oc1ccc(C[C@H](N)[C]=O)cc1. The molecule has 0 aromatic heterocycles. The molecule has 0 fully saturated rings. The van der Waals surface area contributed by atoms with Crippen molar-refractivity contribution in [2.45, 2.75) is 38.8 Å². The van der Waals surface area contributed by atoms with E-state index in [1.807, 2.05) is 45.0 Å². The summed E-state index contributed by atoms with van der Waals surface area (Å²) in [5.74, 6) is 0.819. The first kappa shape index (κ1) is 12.7. The minimum atomic E-state index is -0.547. The molecule has 1 aromatic rings. The van der Waals surface area contributed by atoms with E-state index < -0.39 is 6.04 Å². The smallest absolute Gasteiger partial charge is 0.217 e. The summed E-state index contributed by atoms with van der Waals surface area (Å²) >= 11 is 0. The molecule has 3 heteroatoms. The molecule has 16 heavy (non-hydrogen) atoms. The summed E-state index contributed by atoms with van der Waals surface area (Å²) in [4.78, 5) is 10.3. The topological polar surface area (TPSA) is 52.3 Å². The third-order valence-electron chi connectivity index (χ3n) is 1.95. The molecule has 2 N–H and O–H groups in total. The second-order valence-electron chi connectivity index (χ2n) is 4.79. The van der Waals surface area contributed by atoms with Gasteiger partial charge in [0.1, 0.15) is 11.4 Å². The van der Waals surface area contributed by atoms with Gasteiger partial charge in [0.05, 0.1) is 6.04 Å². The molecule has 0 spiro atoms. The fraction of sp³-hybridized carbons (Fsp3) is 0.462. The predicted octanol–water partition coefficient (Wildman–Crippen LogP) is 1.84. The largest absolute Gasteiger partial charge is 0.488 e. The third-order valence-corrected chi connectivity index (χ3v) is 1.95. The third kappa shape index (κ3) is 4.45. The first-order valence-corrected chi connectivity index (χ1v) is 5.32. The molecule has 1 aromatic carbocycles. The summed E-state index contributed by atoms with van der Waals surface area (Å²) in [5, 5.41) is 0. The fourth-order valence-electron chi connectivity index (χ4n) is 1.34. The van der Waals surface area contributed by atoms with E-state index in [-0.39, 0.29) is 5.60 Å². The molecular weight excluding hydrogens is 202 g/mol. The Morgan fingerprint density at radius 1 is 1.31 bits per heavy atom. The van der Waals surface area contributed by atoms with Gasteiger partial charge in [0, 0.05) is 0 Å². The molecular formula is C13H18NO2. The maximum Gasteiger partial charge on any atom is 0.217 e. The Kier molecular flexibility index (Phi) is 4.07. The van der Waals surface area contributed by atoms with E-state index >= 15 is 0 Å². The van der Waals surface area contributed by atoms with E-state index in [9.17, 15) is 4.79 Å². The van der Waals surface area contributed by atoms with Crippen LogP contribution >= 0.6 is 0 Å². The molecule has 0 saturated heterocycles. The predicted molar refractivity (Wildman–Crippen MR) is 64.2 cm³/mol. The quantitative estimate of drug-likeness (QED) is 0.842. The minimum Gasteiger partial charge on any atom is -0.488 e. The summed E-state index contributed by atoms with van der Waals surface area (Å²) in [5.41, 5.74) is 6.30. The highest BCUT2D eigenvalue weighted by molar-refractivity contribution is 5.58. The first-order chi connectivity index (χ1) is 7.40. The van der Waals surface area contributed by atoms with Crippen LogP contribution in [0.2, 0.25) is 0 Å². The molecule has 0 saturated carbocycles. The Morgan fingerprint density at radius 3 is 2.31 bits per heavy atom. The highest BCUT2D eigenvalue weighted by Crippen LogP contribution is 2.18. The summed E-state index contributed by atoms with van der Waals surface area (Å²) in [6.07, 6.45) is 2.28. The van der Waals surface area contributed by atoms with E-state index in [2.05, 4.69) is 0 Å². The van der Waals surface area contributed by atoms with Crippen LogP contribution in [-0.2, 0) is 11.2 Å². The Labute approximate surface area is 96.6 Å². The van der Waals surface area contributed by atoms with E-state index in [1.54, 1.807) is 6.29 Å². The van der Waals surface area contributed by atoms with Gasteiger partial charge in [-0.25, -0.2) is 0 Å². The van der Waals surface area contributed by atoms with Crippen molar-refractivity contribution in [3.8, 4) is 5.75 Å². The highest BCUT2D eigenvalue weighted by atomic mass is 16.5. The van der Waals surface area contributed by atoms with Crippen molar-refractivity contribution in [1.29, 1.82) is 0 Å². The molecule has 0 heterocycles. The molecule has 3 nitrogen and oxygen atoms in total. The van der Waals surface area contributed by atoms with E-state index in [0.717, 1.165) is 11.3 Å². The zero-order valence-corrected chi connectivity index (χ0v) is 9.99. The van der Waals surface area contributed by atoms with Gasteiger partial charge in [-0.1, -0.05) is 12.1 Å². The normalized spacial score (nSPS) is 13.2. The maximum atomic E-state index is 10.3. The Morgan fingerprint density at radius 2 is 1.88 bits per heavy atom. The van der Waals surface area contributed by atoms with Gasteiger partial charge in [0.2, 0.25) is 6.29 Å². The van der Waals surface area contributed by atoms with Crippen molar-refractivity contribution < 1.29 is 9.53 Å². The van der Waals surface area contributed by atoms with Crippen molar-refractivity contribution >= 4 is 6.29 Å². The van der Waals surface area contributed by atoms with Crippen LogP contribution in [0, 0.1) is 0 Å². The lowest BCUT2D eigenvalue weighted by Gasteiger charge is -2.21. The fourth-order valence-corrected chi connectivity index (χ4v) is 1.34. The summed E-state index contributed by atoms with van der Waals surface area (Å²) in [7, 11) is 0. The van der Waals surface area contributed by atoms with Crippen LogP contribution in [0.1, 0.15) is 26.3 Å². The van der Waals surface area contributed by atoms with Crippen LogP contribution in [0.5, 0.6) is 5.75 Å². The lowest BCUT2D eigenvalue weighted by Crippen LogP contribution is -2.24. The molecule has 87 valence electrons. The minimum absolute atomic E-state index is 0.200. The number of nitrogens with two attached hydrogens (primary N) is 1. The Bertz CT molecular complexity index is 338. The average Bonchev–Trinajstić information content (AvgIpc) is 2.18. The molecule has 0 aliphatic rings. The van der Waals surface area contributed by atoms with Gasteiger partial charge in [-0.2, -0.15) is 0 Å². The lowest BCUT2D eigenvalue weighted by atomic mass is 10.1. The second-order valence-corrected chi connectivity index (χ2v) is 4.79. The van der Waals surface area contributed by atoms with Gasteiger partial charge >= 0.3 is 0 Å². The van der Waals surface area contributed by atoms with Gasteiger partial charge in [-0.3, -0.25) is 4.79 Å². The molecule has 0 amide bonds. The van der Waals surface area contributed by atoms with E-state index in [0.29, 0.717) is 6.42 Å². The van der Waals surface area contributed by atoms with Crippen molar-refractivity contribution in [2.75, 3.05) is 0 Å². The standard InChI is InChI=1S/C13H18NO2/c1-13(2,3)16-12-6-4-10(5-7-12)8-11(14)9-15/h4-7,11H,8,14H2,1-3H3/t11-/m0/s1. The van der Waals surface area contributed by atoms with E-state index in [4.69, 9.17) is 10.5 Å². The summed E-state index contributed by atoms with van der Waals surface area (Å²) < 4.78 is 5.68. The van der Waals surface area contributed by atoms with Crippen molar-refractivity contribution in [3.63, 3.8) is 0 Å². The van der Waals surface area contributed by atoms with E-state index in [1.165, 1.54) is 0 Å². The van der Waals surface area contributed by atoms with Crippen LogP contribution < -0.4 is 10.5 Å². The number of ether oxygens (including phenoxy) is 1. The second kappa shape index (κ2) is 5.12. The Balaban J connectivity index is 2.64. The zero-order valence-electron chi connectivity index (χ0n) is 9.99. The zero-order chi connectivity index (χ0) is 12.2. The number of carbonyl (C=O) groups excluding carboxylic acids is 1. The summed E-state index contributed by atoms with van der Waals surface area (Å²) in [6.45, 7) is 5.99. The molecule has 1 rings (SSSR count). The number of benzene rings is 1. The number of rotatable bonds is 4. The average molecular weight is 220 g/mol. The Hall–Kier alpha value is -1.35. The summed E-state index contributed by atoms with van der Waals surface area (Å²) in [6, 6.07) is 7.06. The molecule has 0 aliphatic carbocycles. The van der Waals surface area contributed by atoms with Crippen LogP contribution in [0.15, 0.2) is 24.3 Å². The molecule has 0 aliphatic heterocycles. The first-order valence-electron chi connectivity index (χ1n) is 5.32. The van der Waals surface area contributed by atoms with Crippen molar-refractivity contribution in [3.05, 3.63) is 29.8 Å². The van der Waals surface area contributed by atoms with Gasteiger partial charge < -0.3 is 10.5 Å². The maximum absolute atomic E-state index is 10.3. The van der Waals surface area contributed by atoms with Gasteiger partial charge in [0.15, 0.2) is 0 Å². The monoisotopic (exact) mass is 220 g/mol. The van der Waals surface area contributed by atoms with Crippen LogP contribution in [0.4, 0.5) is 0 Å². The van der Waals surface area contributed by atoms with Crippen LogP contribution in [0.25, 0.3) is 0 Å². The molecule has 0 unspecified atom stereocenters. The van der Waals surface area contributed by atoms with Gasteiger partial charge in [-0.15, -0.1) is 0 Å².